The van der Waals surface area contributed by atoms with Crippen molar-refractivity contribution in [2.45, 2.75) is 26.2 Å². The molecule has 1 amide bonds. The van der Waals surface area contributed by atoms with E-state index in [0.717, 1.165) is 12.0 Å². The van der Waals surface area contributed by atoms with E-state index in [2.05, 4.69) is 0 Å². The van der Waals surface area contributed by atoms with E-state index in [4.69, 9.17) is 5.73 Å². The van der Waals surface area contributed by atoms with E-state index in [9.17, 15) is 9.59 Å². The molecule has 0 saturated carbocycles. The Balaban J connectivity index is 2.88. The molecule has 0 radical (unpaired) electrons. The Labute approximate surface area is 112 Å². The number of amides is 1. The third kappa shape index (κ3) is 4.18. The second-order valence-corrected chi connectivity index (χ2v) is 5.43. The maximum atomic E-state index is 11.6. The predicted molar refractivity (Wildman–Crippen MR) is 75.3 cm³/mol. The van der Waals surface area contributed by atoms with Gasteiger partial charge in [0.15, 0.2) is 5.12 Å². The molecule has 3 nitrogen and oxygen atoms in total. The number of carbonyl (C=O) groups excluding carboxylic acids is 2. The molecule has 2 atom stereocenters. The maximum Gasteiger partial charge on any atom is 0.221 e. The topological polar surface area (TPSA) is 60.2 Å². The summed E-state index contributed by atoms with van der Waals surface area (Å²) in [7, 11) is 0. The van der Waals surface area contributed by atoms with Gasteiger partial charge in [0.2, 0.25) is 5.91 Å². The Morgan fingerprint density at radius 1 is 1.28 bits per heavy atom. The fourth-order valence-corrected chi connectivity index (χ4v) is 2.87. The second-order valence-electron chi connectivity index (χ2n) is 4.24. The molecule has 98 valence electrons. The smallest absolute Gasteiger partial charge is 0.221 e. The van der Waals surface area contributed by atoms with Crippen LogP contribution in [0, 0.1) is 5.92 Å². The normalized spacial score (nSPS) is 13.9. The largest absolute Gasteiger partial charge is 0.369 e. The van der Waals surface area contributed by atoms with Crippen LogP contribution in [0.3, 0.4) is 0 Å². The molecular weight excluding hydrogens is 246 g/mol. The molecular formula is C14H19NO2S. The van der Waals surface area contributed by atoms with Crippen molar-refractivity contribution in [2.75, 3.05) is 5.75 Å². The zero-order chi connectivity index (χ0) is 13.5. The average molecular weight is 265 g/mol. The number of benzene rings is 1. The molecule has 1 rings (SSSR count). The quantitative estimate of drug-likeness (QED) is 0.860. The van der Waals surface area contributed by atoms with Crippen molar-refractivity contribution in [3.8, 4) is 0 Å². The molecule has 0 bridgehead atoms. The van der Waals surface area contributed by atoms with Crippen LogP contribution >= 0.6 is 11.8 Å². The first kappa shape index (κ1) is 14.8. The third-order valence-corrected chi connectivity index (χ3v) is 3.92. The van der Waals surface area contributed by atoms with E-state index in [0.29, 0.717) is 5.75 Å². The highest BCUT2D eigenvalue weighted by molar-refractivity contribution is 8.13. The van der Waals surface area contributed by atoms with Crippen LogP contribution in [-0.2, 0) is 9.59 Å². The zero-order valence-corrected chi connectivity index (χ0v) is 11.6. The van der Waals surface area contributed by atoms with Gasteiger partial charge in [-0.1, -0.05) is 49.0 Å². The molecule has 1 aromatic rings. The molecule has 0 fully saturated rings. The lowest BCUT2D eigenvalue weighted by atomic mass is 9.85. The minimum Gasteiger partial charge on any atom is -0.369 e. The highest BCUT2D eigenvalue weighted by atomic mass is 32.2. The monoisotopic (exact) mass is 265 g/mol. The van der Waals surface area contributed by atoms with E-state index in [1.165, 1.54) is 18.7 Å². The van der Waals surface area contributed by atoms with Crippen molar-refractivity contribution in [1.82, 2.24) is 0 Å². The first-order chi connectivity index (χ1) is 8.56. The minimum absolute atomic E-state index is 0.0177. The molecule has 0 saturated heterocycles. The first-order valence-corrected chi connectivity index (χ1v) is 7.02. The van der Waals surface area contributed by atoms with Gasteiger partial charge in [-0.25, -0.2) is 0 Å². The molecule has 2 N–H and O–H groups in total. The highest BCUT2D eigenvalue weighted by Gasteiger charge is 2.26. The van der Waals surface area contributed by atoms with Gasteiger partial charge in [0.1, 0.15) is 0 Å². The van der Waals surface area contributed by atoms with Gasteiger partial charge in [-0.3, -0.25) is 9.59 Å². The Morgan fingerprint density at radius 3 is 2.33 bits per heavy atom. The Morgan fingerprint density at radius 2 is 1.89 bits per heavy atom. The number of thioether (sulfide) groups is 1. The van der Waals surface area contributed by atoms with Crippen LogP contribution in [0.2, 0.25) is 0 Å². The number of hydrogen-bond donors (Lipinski definition) is 1. The van der Waals surface area contributed by atoms with Gasteiger partial charge in [0.25, 0.3) is 0 Å². The van der Waals surface area contributed by atoms with Crippen molar-refractivity contribution in [3.63, 3.8) is 0 Å². The van der Waals surface area contributed by atoms with Crippen LogP contribution in [0.25, 0.3) is 0 Å². The van der Waals surface area contributed by atoms with Gasteiger partial charge in [0.05, 0.1) is 5.92 Å². The lowest BCUT2D eigenvalue weighted by Crippen LogP contribution is -2.31. The van der Waals surface area contributed by atoms with Crippen molar-refractivity contribution >= 4 is 22.8 Å². The number of hydrogen-bond acceptors (Lipinski definition) is 3. The molecule has 0 aliphatic rings. The fraction of sp³-hybridized carbons (Fsp3) is 0.429. The average Bonchev–Trinajstić information content (AvgIpc) is 2.34. The van der Waals surface area contributed by atoms with Gasteiger partial charge >= 0.3 is 0 Å². The SMILES string of the molecule is CCC(c1ccccc1)C(CSC(C)=O)C(N)=O. The van der Waals surface area contributed by atoms with Crippen LogP contribution in [0.5, 0.6) is 0 Å². The minimum atomic E-state index is -0.334. The van der Waals surface area contributed by atoms with E-state index >= 15 is 0 Å². The van der Waals surface area contributed by atoms with Gasteiger partial charge in [0, 0.05) is 12.7 Å². The zero-order valence-electron chi connectivity index (χ0n) is 10.8. The molecule has 2 unspecified atom stereocenters. The van der Waals surface area contributed by atoms with Crippen molar-refractivity contribution in [1.29, 1.82) is 0 Å². The summed E-state index contributed by atoms with van der Waals surface area (Å²) in [5.74, 6) is -0.0979. The molecule has 0 aliphatic heterocycles. The van der Waals surface area contributed by atoms with Gasteiger partial charge in [-0.15, -0.1) is 0 Å². The summed E-state index contributed by atoms with van der Waals surface area (Å²) >= 11 is 1.17. The standard InChI is InChI=1S/C14H19NO2S/c1-3-12(11-7-5-4-6-8-11)13(14(15)17)9-18-10(2)16/h4-8,12-13H,3,9H2,1-2H3,(H2,15,17). The van der Waals surface area contributed by atoms with Gasteiger partial charge < -0.3 is 5.73 Å². The number of primary amides is 1. The van der Waals surface area contributed by atoms with Crippen LogP contribution < -0.4 is 5.73 Å². The van der Waals surface area contributed by atoms with Crippen LogP contribution in [0.4, 0.5) is 0 Å². The summed E-state index contributed by atoms with van der Waals surface area (Å²) in [4.78, 5) is 22.6. The Hall–Kier alpha value is -1.29. The van der Waals surface area contributed by atoms with Gasteiger partial charge in [-0.05, 0) is 17.9 Å². The number of nitrogens with two attached hydrogens (primary N) is 1. The Kier molecular flexibility index (Phi) is 5.92. The summed E-state index contributed by atoms with van der Waals surface area (Å²) in [6.07, 6.45) is 0.829. The third-order valence-electron chi connectivity index (χ3n) is 2.98. The highest BCUT2D eigenvalue weighted by Crippen LogP contribution is 2.30. The second kappa shape index (κ2) is 7.21. The fourth-order valence-electron chi connectivity index (χ4n) is 2.06. The van der Waals surface area contributed by atoms with Crippen molar-refractivity contribution in [3.05, 3.63) is 35.9 Å². The summed E-state index contributed by atoms with van der Waals surface area (Å²) in [6.45, 7) is 3.54. The van der Waals surface area contributed by atoms with Crippen molar-refractivity contribution in [2.24, 2.45) is 11.7 Å². The lowest BCUT2D eigenvalue weighted by molar-refractivity contribution is -0.121. The lowest BCUT2D eigenvalue weighted by Gasteiger charge is -2.23. The molecule has 0 aliphatic carbocycles. The molecule has 18 heavy (non-hydrogen) atoms. The summed E-state index contributed by atoms with van der Waals surface area (Å²) in [5.41, 5.74) is 6.58. The van der Waals surface area contributed by atoms with E-state index in [-0.39, 0.29) is 22.9 Å². The molecule has 0 spiro atoms. The van der Waals surface area contributed by atoms with Crippen molar-refractivity contribution < 1.29 is 9.59 Å². The summed E-state index contributed by atoms with van der Waals surface area (Å²) < 4.78 is 0. The van der Waals surface area contributed by atoms with Crippen LogP contribution in [-0.4, -0.2) is 16.8 Å². The summed E-state index contributed by atoms with van der Waals surface area (Å²) in [5, 5.41) is 0.0177. The van der Waals surface area contributed by atoms with Crippen LogP contribution in [0.1, 0.15) is 31.7 Å². The number of carbonyl (C=O) groups is 2. The first-order valence-electron chi connectivity index (χ1n) is 6.03. The molecule has 0 aromatic heterocycles. The van der Waals surface area contributed by atoms with E-state index in [1.54, 1.807) is 0 Å². The predicted octanol–water partition coefficient (Wildman–Crippen LogP) is 2.56. The Bertz CT molecular complexity index is 406. The molecule has 0 heterocycles. The maximum absolute atomic E-state index is 11.6. The van der Waals surface area contributed by atoms with Crippen LogP contribution in [0.15, 0.2) is 30.3 Å². The molecule has 1 aromatic carbocycles. The number of rotatable bonds is 6. The van der Waals surface area contributed by atoms with E-state index < -0.39 is 0 Å². The summed E-state index contributed by atoms with van der Waals surface area (Å²) in [6, 6.07) is 9.85. The van der Waals surface area contributed by atoms with Gasteiger partial charge in [-0.2, -0.15) is 0 Å². The molecule has 4 heteroatoms. The van der Waals surface area contributed by atoms with E-state index in [1.807, 2.05) is 37.3 Å².